The largest absolute Gasteiger partial charge is 0.458 e. The molecule has 0 saturated heterocycles. The number of fused-ring (bicyclic) bond motifs is 5. The standard InChI is InChI=1S/C20H17N3O4.C2H6/c1-2-9-10-5-3-4-6-13(10)22-16-11(9)7-23-17(16)15(21)14-12(19(23)25)8-27-20(26)18(14)24;1-2/h3-6,18,24H,2,7-8,21H2,1H3;1-2H3. The van der Waals surface area contributed by atoms with Crippen molar-refractivity contribution in [2.75, 3.05) is 5.73 Å². The molecule has 4 heterocycles. The monoisotopic (exact) mass is 393 g/mol. The van der Waals surface area contributed by atoms with E-state index in [1.807, 2.05) is 38.1 Å². The number of nitrogens with zero attached hydrogens (tertiary/aromatic N) is 2. The van der Waals surface area contributed by atoms with Crippen molar-refractivity contribution in [1.82, 2.24) is 9.55 Å². The van der Waals surface area contributed by atoms with Crippen molar-refractivity contribution in [1.29, 1.82) is 0 Å². The zero-order chi connectivity index (χ0) is 20.9. The summed E-state index contributed by atoms with van der Waals surface area (Å²) in [4.78, 5) is 29.6. The fraction of sp³-hybridized carbons (Fsp3) is 0.318. The molecule has 7 nitrogen and oxygen atoms in total. The molecule has 2 aliphatic heterocycles. The predicted octanol–water partition coefficient (Wildman–Crippen LogP) is 2.69. The Hall–Kier alpha value is -3.19. The van der Waals surface area contributed by atoms with Crippen LogP contribution in [0.3, 0.4) is 0 Å². The van der Waals surface area contributed by atoms with Gasteiger partial charge in [0.2, 0.25) is 0 Å². The number of carbonyl (C=O) groups excluding carboxylic acids is 1. The van der Waals surface area contributed by atoms with Crippen LogP contribution in [0.5, 0.6) is 0 Å². The number of benzene rings is 1. The van der Waals surface area contributed by atoms with Gasteiger partial charge in [0.15, 0.2) is 6.10 Å². The molecular formula is C22H23N3O4. The van der Waals surface area contributed by atoms with Crippen LogP contribution in [0.2, 0.25) is 0 Å². The van der Waals surface area contributed by atoms with Gasteiger partial charge in [-0.2, -0.15) is 0 Å². The molecule has 0 amide bonds. The van der Waals surface area contributed by atoms with Crippen molar-refractivity contribution < 1.29 is 14.6 Å². The molecule has 0 saturated carbocycles. The summed E-state index contributed by atoms with van der Waals surface area (Å²) in [5.74, 6) is -0.794. The average molecular weight is 393 g/mol. The molecule has 0 bridgehead atoms. The van der Waals surface area contributed by atoms with Gasteiger partial charge in [-0.05, 0) is 18.1 Å². The molecule has 1 unspecified atom stereocenters. The maximum Gasteiger partial charge on any atom is 0.340 e. The van der Waals surface area contributed by atoms with Crippen LogP contribution in [0.25, 0.3) is 22.3 Å². The van der Waals surface area contributed by atoms with Gasteiger partial charge in [-0.3, -0.25) is 4.79 Å². The van der Waals surface area contributed by atoms with E-state index >= 15 is 0 Å². The van der Waals surface area contributed by atoms with Gasteiger partial charge >= 0.3 is 5.97 Å². The normalized spacial score (nSPS) is 16.4. The second-order valence-corrected chi connectivity index (χ2v) is 6.84. The molecule has 0 radical (unpaired) electrons. The van der Waals surface area contributed by atoms with E-state index in [9.17, 15) is 14.7 Å². The number of nitrogens with two attached hydrogens (primary N) is 1. The van der Waals surface area contributed by atoms with Gasteiger partial charge in [0.1, 0.15) is 6.61 Å². The Morgan fingerprint density at radius 2 is 1.97 bits per heavy atom. The smallest absolute Gasteiger partial charge is 0.340 e. The molecule has 1 aromatic carbocycles. The highest BCUT2D eigenvalue weighted by Gasteiger charge is 2.37. The van der Waals surface area contributed by atoms with Crippen LogP contribution in [0, 0.1) is 0 Å². The molecule has 2 aromatic heterocycles. The molecule has 5 rings (SSSR count). The van der Waals surface area contributed by atoms with E-state index < -0.39 is 12.1 Å². The number of carbonyl (C=O) groups is 1. The molecule has 29 heavy (non-hydrogen) atoms. The van der Waals surface area contributed by atoms with Gasteiger partial charge in [0.25, 0.3) is 5.56 Å². The van der Waals surface area contributed by atoms with E-state index in [0.29, 0.717) is 17.9 Å². The number of anilines is 1. The Kier molecular flexibility index (Phi) is 4.62. The van der Waals surface area contributed by atoms with Gasteiger partial charge in [0.05, 0.1) is 34.7 Å². The molecule has 1 atom stereocenters. The highest BCUT2D eigenvalue weighted by Crippen LogP contribution is 2.42. The first-order valence-electron chi connectivity index (χ1n) is 9.83. The van der Waals surface area contributed by atoms with Crippen molar-refractivity contribution in [3.8, 4) is 11.4 Å². The summed E-state index contributed by atoms with van der Waals surface area (Å²) >= 11 is 0. The lowest BCUT2D eigenvalue weighted by Crippen LogP contribution is -2.33. The van der Waals surface area contributed by atoms with Gasteiger partial charge in [-0.15, -0.1) is 0 Å². The SMILES string of the molecule is CC.CCc1c2c(nc3ccccc13)-c1c(N)c3c(c(=O)n1C2)COC(=O)C3O. The van der Waals surface area contributed by atoms with E-state index in [0.717, 1.165) is 28.5 Å². The number of ether oxygens (including phenoxy) is 1. The van der Waals surface area contributed by atoms with E-state index in [4.69, 9.17) is 15.5 Å². The molecule has 3 N–H and O–H groups in total. The van der Waals surface area contributed by atoms with Crippen molar-refractivity contribution in [3.05, 3.63) is 56.9 Å². The Morgan fingerprint density at radius 1 is 1.24 bits per heavy atom. The van der Waals surface area contributed by atoms with Gasteiger partial charge in [-0.1, -0.05) is 39.0 Å². The van der Waals surface area contributed by atoms with E-state index in [2.05, 4.69) is 6.92 Å². The Morgan fingerprint density at radius 3 is 2.69 bits per heavy atom. The summed E-state index contributed by atoms with van der Waals surface area (Å²) in [5.41, 5.74) is 10.7. The number of esters is 1. The Balaban J connectivity index is 0.000000994. The summed E-state index contributed by atoms with van der Waals surface area (Å²) in [5, 5.41) is 11.3. The topological polar surface area (TPSA) is 107 Å². The minimum atomic E-state index is -1.55. The number of aryl methyl sites for hydroxylation is 1. The number of aliphatic hydroxyl groups is 1. The number of cyclic esters (lactones) is 1. The van der Waals surface area contributed by atoms with Gasteiger partial charge in [0, 0.05) is 16.5 Å². The highest BCUT2D eigenvalue weighted by molar-refractivity contribution is 5.92. The number of hydrogen-bond donors (Lipinski definition) is 2. The molecule has 7 heteroatoms. The quantitative estimate of drug-likeness (QED) is 0.482. The Labute approximate surface area is 167 Å². The van der Waals surface area contributed by atoms with Crippen LogP contribution in [-0.2, 0) is 29.1 Å². The number of para-hydroxylation sites is 1. The summed E-state index contributed by atoms with van der Waals surface area (Å²) in [6, 6.07) is 7.84. The number of aliphatic hydroxyl groups excluding tert-OH is 1. The average Bonchev–Trinajstić information content (AvgIpc) is 3.13. The second-order valence-electron chi connectivity index (χ2n) is 6.84. The maximum absolute atomic E-state index is 13.0. The van der Waals surface area contributed by atoms with Crippen molar-refractivity contribution in [2.24, 2.45) is 0 Å². The van der Waals surface area contributed by atoms with Gasteiger partial charge < -0.3 is 20.1 Å². The molecule has 0 aliphatic carbocycles. The zero-order valence-electron chi connectivity index (χ0n) is 16.7. The molecule has 2 aliphatic rings. The third-order valence-corrected chi connectivity index (χ3v) is 5.50. The number of pyridine rings is 2. The number of hydrogen-bond acceptors (Lipinski definition) is 6. The molecular weight excluding hydrogens is 370 g/mol. The van der Waals surface area contributed by atoms with Crippen LogP contribution < -0.4 is 11.3 Å². The van der Waals surface area contributed by atoms with E-state index in [-0.39, 0.29) is 29.0 Å². The van der Waals surface area contributed by atoms with Crippen molar-refractivity contribution in [3.63, 3.8) is 0 Å². The summed E-state index contributed by atoms with van der Waals surface area (Å²) in [6.07, 6.45) is -0.764. The summed E-state index contributed by atoms with van der Waals surface area (Å²) < 4.78 is 6.50. The lowest BCUT2D eigenvalue weighted by atomic mass is 9.96. The number of aromatic nitrogens is 2. The van der Waals surface area contributed by atoms with Gasteiger partial charge in [-0.25, -0.2) is 9.78 Å². The number of rotatable bonds is 1. The van der Waals surface area contributed by atoms with Crippen LogP contribution in [0.1, 0.15) is 49.1 Å². The van der Waals surface area contributed by atoms with E-state index in [1.165, 1.54) is 0 Å². The second kappa shape index (κ2) is 7.00. The first kappa shape index (κ1) is 19.1. The molecule has 150 valence electrons. The third-order valence-electron chi connectivity index (χ3n) is 5.50. The Bertz CT molecular complexity index is 1210. The van der Waals surface area contributed by atoms with Crippen LogP contribution in [0.15, 0.2) is 29.1 Å². The first-order valence-corrected chi connectivity index (χ1v) is 9.83. The highest BCUT2D eigenvalue weighted by atomic mass is 16.5. The van der Waals surface area contributed by atoms with Crippen LogP contribution >= 0.6 is 0 Å². The fourth-order valence-corrected chi connectivity index (χ4v) is 4.26. The fourth-order valence-electron chi connectivity index (χ4n) is 4.26. The van der Waals surface area contributed by atoms with Crippen molar-refractivity contribution in [2.45, 2.75) is 46.4 Å². The summed E-state index contributed by atoms with van der Waals surface area (Å²) in [6.45, 7) is 6.26. The lowest BCUT2D eigenvalue weighted by Gasteiger charge is -2.23. The predicted molar refractivity (Wildman–Crippen MR) is 110 cm³/mol. The molecule has 3 aromatic rings. The first-order chi connectivity index (χ1) is 14.0. The minimum absolute atomic E-state index is 0.156. The maximum atomic E-state index is 13.0. The van der Waals surface area contributed by atoms with Crippen molar-refractivity contribution >= 4 is 22.6 Å². The molecule has 0 fully saturated rings. The van der Waals surface area contributed by atoms with Crippen LogP contribution in [-0.4, -0.2) is 20.6 Å². The molecule has 0 spiro atoms. The van der Waals surface area contributed by atoms with E-state index in [1.54, 1.807) is 4.57 Å². The minimum Gasteiger partial charge on any atom is -0.458 e. The summed E-state index contributed by atoms with van der Waals surface area (Å²) in [7, 11) is 0. The van der Waals surface area contributed by atoms with Crippen LogP contribution in [0.4, 0.5) is 5.69 Å². The zero-order valence-corrected chi connectivity index (χ0v) is 16.7. The number of nitrogen functional groups attached to an aromatic ring is 1. The third kappa shape index (κ3) is 2.57. The lowest BCUT2D eigenvalue weighted by molar-refractivity contribution is -0.157.